The van der Waals surface area contributed by atoms with Gasteiger partial charge in [-0.05, 0) is 56.5 Å². The molecular formula is C25H36NO3+. The molecule has 2 atom stereocenters. The van der Waals surface area contributed by atoms with Gasteiger partial charge in [0.05, 0.1) is 26.4 Å². The lowest BCUT2D eigenvalue weighted by Crippen LogP contribution is -2.83. The summed E-state index contributed by atoms with van der Waals surface area (Å²) in [4.78, 5) is 0. The highest BCUT2D eigenvalue weighted by Gasteiger charge is 2.44. The highest BCUT2D eigenvalue weighted by molar-refractivity contribution is 5.40. The van der Waals surface area contributed by atoms with Crippen LogP contribution in [0.4, 0.5) is 0 Å². The molecule has 0 spiro atoms. The Balaban J connectivity index is 1.73. The summed E-state index contributed by atoms with van der Waals surface area (Å²) < 4.78 is 17.2. The van der Waals surface area contributed by atoms with E-state index in [1.807, 2.05) is 12.1 Å². The van der Waals surface area contributed by atoms with Crippen LogP contribution in [-0.2, 0) is 16.7 Å². The minimum absolute atomic E-state index is 0.0743. The number of nitrogens with two attached hydrogens (primary N) is 1. The topological polar surface area (TPSA) is 44.3 Å². The molecule has 0 saturated carbocycles. The Bertz CT molecular complexity index is 776. The van der Waals surface area contributed by atoms with Gasteiger partial charge in [0.2, 0.25) is 0 Å². The zero-order valence-electron chi connectivity index (χ0n) is 18.4. The Morgan fingerprint density at radius 2 is 1.79 bits per heavy atom. The molecule has 29 heavy (non-hydrogen) atoms. The number of para-hydroxylation sites is 1. The van der Waals surface area contributed by atoms with Crippen molar-refractivity contribution in [1.82, 2.24) is 0 Å². The zero-order valence-corrected chi connectivity index (χ0v) is 18.4. The third kappa shape index (κ3) is 5.12. The number of ether oxygens (including phenoxy) is 3. The van der Waals surface area contributed by atoms with E-state index in [1.54, 1.807) is 14.2 Å². The SMILES string of the molecule is CC[C@]1(C)C[C@@](CC[NH2+]Cc2ccc(OC)cc2)(c2ccccc2OC)CCO1. The molecule has 3 rings (SSSR count). The van der Waals surface area contributed by atoms with E-state index in [-0.39, 0.29) is 11.0 Å². The first-order valence-corrected chi connectivity index (χ1v) is 10.8. The highest BCUT2D eigenvalue weighted by atomic mass is 16.5. The van der Waals surface area contributed by atoms with Gasteiger partial charge >= 0.3 is 0 Å². The first-order chi connectivity index (χ1) is 14.0. The van der Waals surface area contributed by atoms with E-state index in [0.717, 1.165) is 56.9 Å². The fourth-order valence-corrected chi connectivity index (χ4v) is 4.64. The van der Waals surface area contributed by atoms with Gasteiger partial charge in [0, 0.05) is 29.6 Å². The van der Waals surface area contributed by atoms with Crippen molar-refractivity contribution in [2.24, 2.45) is 0 Å². The molecule has 158 valence electrons. The van der Waals surface area contributed by atoms with Crippen LogP contribution in [0.3, 0.4) is 0 Å². The van der Waals surface area contributed by atoms with Crippen LogP contribution in [0.5, 0.6) is 11.5 Å². The molecule has 4 heteroatoms. The number of quaternary nitrogens is 1. The van der Waals surface area contributed by atoms with E-state index in [1.165, 1.54) is 11.1 Å². The van der Waals surface area contributed by atoms with Crippen molar-refractivity contribution in [3.05, 3.63) is 59.7 Å². The minimum atomic E-state index is -0.0743. The predicted molar refractivity (Wildman–Crippen MR) is 117 cm³/mol. The monoisotopic (exact) mass is 398 g/mol. The summed E-state index contributed by atoms with van der Waals surface area (Å²) in [6.45, 7) is 7.35. The summed E-state index contributed by atoms with van der Waals surface area (Å²) in [6.07, 6.45) is 4.22. The molecule has 0 radical (unpaired) electrons. The van der Waals surface area contributed by atoms with Crippen LogP contribution in [-0.4, -0.2) is 33.0 Å². The number of benzene rings is 2. The first kappa shape index (κ1) is 21.7. The van der Waals surface area contributed by atoms with E-state index in [2.05, 4.69) is 55.6 Å². The van der Waals surface area contributed by atoms with Crippen molar-refractivity contribution in [1.29, 1.82) is 0 Å². The molecular weight excluding hydrogens is 362 g/mol. The molecule has 2 N–H and O–H groups in total. The van der Waals surface area contributed by atoms with Gasteiger partial charge in [-0.25, -0.2) is 0 Å². The molecule has 1 aliphatic heterocycles. The van der Waals surface area contributed by atoms with E-state index in [0.29, 0.717) is 0 Å². The van der Waals surface area contributed by atoms with Gasteiger partial charge in [0.15, 0.2) is 0 Å². The molecule has 0 bridgehead atoms. The number of methoxy groups -OCH3 is 2. The van der Waals surface area contributed by atoms with Gasteiger partial charge in [0.1, 0.15) is 18.0 Å². The lowest BCUT2D eigenvalue weighted by atomic mass is 9.66. The molecule has 1 saturated heterocycles. The Kier molecular flexibility index (Phi) is 7.20. The van der Waals surface area contributed by atoms with E-state index in [9.17, 15) is 0 Å². The molecule has 0 amide bonds. The van der Waals surface area contributed by atoms with Crippen molar-refractivity contribution in [2.45, 2.75) is 57.1 Å². The van der Waals surface area contributed by atoms with Gasteiger partial charge in [-0.1, -0.05) is 25.1 Å². The summed E-state index contributed by atoms with van der Waals surface area (Å²) >= 11 is 0. The lowest BCUT2D eigenvalue weighted by Gasteiger charge is -2.46. The Morgan fingerprint density at radius 1 is 1.03 bits per heavy atom. The van der Waals surface area contributed by atoms with Gasteiger partial charge in [-0.3, -0.25) is 0 Å². The van der Waals surface area contributed by atoms with E-state index in [4.69, 9.17) is 14.2 Å². The second-order valence-corrected chi connectivity index (χ2v) is 8.44. The molecule has 1 aliphatic rings. The molecule has 2 aromatic rings. The zero-order chi connectivity index (χ0) is 20.7. The van der Waals surface area contributed by atoms with Gasteiger partial charge < -0.3 is 19.5 Å². The quantitative estimate of drug-likeness (QED) is 0.648. The highest BCUT2D eigenvalue weighted by Crippen LogP contribution is 2.47. The average molecular weight is 399 g/mol. The van der Waals surface area contributed by atoms with Crippen molar-refractivity contribution < 1.29 is 19.5 Å². The smallest absolute Gasteiger partial charge is 0.122 e. The molecule has 1 fully saturated rings. The van der Waals surface area contributed by atoms with Gasteiger partial charge in [-0.15, -0.1) is 0 Å². The van der Waals surface area contributed by atoms with Crippen LogP contribution in [0.15, 0.2) is 48.5 Å². The van der Waals surface area contributed by atoms with Crippen molar-refractivity contribution >= 4 is 0 Å². The van der Waals surface area contributed by atoms with Crippen molar-refractivity contribution in [3.63, 3.8) is 0 Å². The van der Waals surface area contributed by atoms with Gasteiger partial charge in [-0.2, -0.15) is 0 Å². The fourth-order valence-electron chi connectivity index (χ4n) is 4.64. The second kappa shape index (κ2) is 9.64. The molecule has 2 aromatic carbocycles. The number of hydrogen-bond acceptors (Lipinski definition) is 3. The minimum Gasteiger partial charge on any atom is -0.497 e. The molecule has 0 aromatic heterocycles. The Hall–Kier alpha value is -2.04. The average Bonchev–Trinajstić information content (AvgIpc) is 2.77. The van der Waals surface area contributed by atoms with Crippen LogP contribution < -0.4 is 14.8 Å². The summed E-state index contributed by atoms with van der Waals surface area (Å²) in [5.41, 5.74) is 2.67. The van der Waals surface area contributed by atoms with Crippen molar-refractivity contribution in [3.8, 4) is 11.5 Å². The number of rotatable bonds is 9. The van der Waals surface area contributed by atoms with Crippen LogP contribution in [0.1, 0.15) is 50.7 Å². The first-order valence-electron chi connectivity index (χ1n) is 10.8. The van der Waals surface area contributed by atoms with Gasteiger partial charge in [0.25, 0.3) is 0 Å². The van der Waals surface area contributed by atoms with E-state index >= 15 is 0 Å². The third-order valence-electron chi connectivity index (χ3n) is 6.54. The maximum absolute atomic E-state index is 6.20. The van der Waals surface area contributed by atoms with Crippen molar-refractivity contribution in [2.75, 3.05) is 27.4 Å². The fraction of sp³-hybridized carbons (Fsp3) is 0.520. The predicted octanol–water partition coefficient (Wildman–Crippen LogP) is 4.07. The van der Waals surface area contributed by atoms with Crippen LogP contribution in [0.2, 0.25) is 0 Å². The summed E-state index contributed by atoms with van der Waals surface area (Å²) in [5, 5.41) is 2.41. The largest absolute Gasteiger partial charge is 0.497 e. The van der Waals surface area contributed by atoms with Crippen LogP contribution in [0.25, 0.3) is 0 Å². The summed E-state index contributed by atoms with van der Waals surface area (Å²) in [6, 6.07) is 16.9. The lowest BCUT2D eigenvalue weighted by molar-refractivity contribution is -0.672. The second-order valence-electron chi connectivity index (χ2n) is 8.44. The third-order valence-corrected chi connectivity index (χ3v) is 6.54. The maximum atomic E-state index is 6.20. The molecule has 1 heterocycles. The maximum Gasteiger partial charge on any atom is 0.122 e. The Morgan fingerprint density at radius 3 is 2.48 bits per heavy atom. The van der Waals surface area contributed by atoms with Crippen LogP contribution >= 0.6 is 0 Å². The molecule has 4 nitrogen and oxygen atoms in total. The summed E-state index contributed by atoms with van der Waals surface area (Å²) in [7, 11) is 3.48. The number of hydrogen-bond donors (Lipinski definition) is 1. The molecule has 0 aliphatic carbocycles. The molecule has 0 unspecified atom stereocenters. The van der Waals surface area contributed by atoms with E-state index < -0.39 is 0 Å². The normalized spacial score (nSPS) is 24.3. The Labute approximate surface area is 175 Å². The van der Waals surface area contributed by atoms with Crippen LogP contribution in [0, 0.1) is 0 Å². The standard InChI is InChI=1S/C25H35NO3/c1-5-24(2)19-25(15-17-29-24,22-8-6-7-9-23(22)28-4)14-16-26-18-20-10-12-21(27-3)13-11-20/h6-13,26H,5,14-19H2,1-4H3/p+1/t24-,25+/m1/s1. The summed E-state index contributed by atoms with van der Waals surface area (Å²) in [5.74, 6) is 1.91.